The van der Waals surface area contributed by atoms with Crippen molar-refractivity contribution in [3.8, 4) is 0 Å². The maximum atomic E-state index is 11.6. The topological polar surface area (TPSA) is 71.8 Å². The number of carbonyl (C=O) groups is 1. The lowest BCUT2D eigenvalue weighted by Crippen LogP contribution is -2.31. The molecule has 7 heteroatoms. The molecular formula is C18H19N5O2. The highest BCUT2D eigenvalue weighted by Gasteiger charge is 2.19. The molecule has 0 atom stereocenters. The minimum atomic E-state index is -0.549. The lowest BCUT2D eigenvalue weighted by molar-refractivity contribution is 0.167. The van der Waals surface area contributed by atoms with E-state index in [1.54, 1.807) is 11.4 Å². The van der Waals surface area contributed by atoms with Crippen LogP contribution < -0.4 is 10.2 Å². The minimum absolute atomic E-state index is 0.239. The Hall–Kier alpha value is -3.09. The van der Waals surface area contributed by atoms with E-state index in [-0.39, 0.29) is 5.95 Å². The van der Waals surface area contributed by atoms with E-state index in [1.165, 1.54) is 11.1 Å². The van der Waals surface area contributed by atoms with Gasteiger partial charge in [-0.05, 0) is 36.6 Å². The Morgan fingerprint density at radius 1 is 1.20 bits per heavy atom. The van der Waals surface area contributed by atoms with Gasteiger partial charge in [-0.25, -0.2) is 4.79 Å². The molecule has 0 saturated carbocycles. The van der Waals surface area contributed by atoms with Crippen molar-refractivity contribution >= 4 is 23.5 Å². The number of hydrogen-bond acceptors (Lipinski definition) is 5. The van der Waals surface area contributed by atoms with E-state index >= 15 is 0 Å². The van der Waals surface area contributed by atoms with Crippen LogP contribution in [0.5, 0.6) is 0 Å². The third-order valence-corrected chi connectivity index (χ3v) is 4.28. The SMILES string of the molecule is CCOC(=O)Nc1nc2cccc(N3CCc4ccccc4C3)n2n1. The van der Waals surface area contributed by atoms with E-state index in [1.807, 2.05) is 18.2 Å². The average molecular weight is 337 g/mol. The summed E-state index contributed by atoms with van der Waals surface area (Å²) in [4.78, 5) is 18.2. The molecule has 0 saturated heterocycles. The zero-order valence-corrected chi connectivity index (χ0v) is 14.0. The van der Waals surface area contributed by atoms with Gasteiger partial charge in [-0.1, -0.05) is 30.3 Å². The monoisotopic (exact) mass is 337 g/mol. The van der Waals surface area contributed by atoms with Gasteiger partial charge in [-0.2, -0.15) is 9.50 Å². The van der Waals surface area contributed by atoms with Crippen molar-refractivity contribution in [2.75, 3.05) is 23.4 Å². The highest BCUT2D eigenvalue weighted by Crippen LogP contribution is 2.25. The fraction of sp³-hybridized carbons (Fsp3) is 0.278. The standard InChI is InChI=1S/C18H19N5O2/c1-2-25-18(24)20-17-19-15-8-5-9-16(23(15)21-17)22-11-10-13-6-3-4-7-14(13)12-22/h3-9H,2,10-12H2,1H3,(H,20,21,24). The van der Waals surface area contributed by atoms with Crippen LogP contribution in [-0.4, -0.2) is 33.8 Å². The van der Waals surface area contributed by atoms with Crippen molar-refractivity contribution in [3.05, 3.63) is 53.6 Å². The number of benzene rings is 1. The molecule has 2 aromatic heterocycles. The summed E-state index contributed by atoms with van der Waals surface area (Å²) < 4.78 is 6.64. The number of anilines is 2. The number of nitrogens with one attached hydrogen (secondary N) is 1. The Bertz CT molecular complexity index is 921. The highest BCUT2D eigenvalue weighted by atomic mass is 16.5. The normalized spacial score (nSPS) is 13.6. The molecule has 7 nitrogen and oxygen atoms in total. The number of pyridine rings is 1. The van der Waals surface area contributed by atoms with Crippen LogP contribution in [0.1, 0.15) is 18.1 Å². The van der Waals surface area contributed by atoms with Crippen molar-refractivity contribution in [1.29, 1.82) is 0 Å². The molecule has 1 amide bonds. The Balaban J connectivity index is 1.64. The van der Waals surface area contributed by atoms with E-state index in [0.29, 0.717) is 12.3 Å². The molecule has 1 N–H and O–H groups in total. The fourth-order valence-electron chi connectivity index (χ4n) is 3.13. The van der Waals surface area contributed by atoms with E-state index < -0.39 is 6.09 Å². The van der Waals surface area contributed by atoms with Crippen LogP contribution in [0.4, 0.5) is 16.6 Å². The van der Waals surface area contributed by atoms with Crippen LogP contribution in [0, 0.1) is 0 Å². The first-order valence-electron chi connectivity index (χ1n) is 8.36. The molecule has 0 aliphatic carbocycles. The molecule has 4 rings (SSSR count). The number of rotatable bonds is 3. The maximum absolute atomic E-state index is 11.6. The van der Waals surface area contributed by atoms with Crippen LogP contribution >= 0.6 is 0 Å². The van der Waals surface area contributed by atoms with Crippen LogP contribution in [-0.2, 0) is 17.7 Å². The molecule has 1 aliphatic rings. The van der Waals surface area contributed by atoms with Gasteiger partial charge >= 0.3 is 6.09 Å². The molecule has 1 aliphatic heterocycles. The Kier molecular flexibility index (Phi) is 3.97. The van der Waals surface area contributed by atoms with Crippen LogP contribution in [0.2, 0.25) is 0 Å². The van der Waals surface area contributed by atoms with E-state index in [4.69, 9.17) is 4.74 Å². The summed E-state index contributed by atoms with van der Waals surface area (Å²) in [5.74, 6) is 1.19. The minimum Gasteiger partial charge on any atom is -0.450 e. The average Bonchev–Trinajstić information content (AvgIpc) is 3.03. The van der Waals surface area contributed by atoms with Crippen molar-refractivity contribution < 1.29 is 9.53 Å². The summed E-state index contributed by atoms with van der Waals surface area (Å²) in [6.07, 6.45) is 0.446. The second kappa shape index (κ2) is 6.43. The third-order valence-electron chi connectivity index (χ3n) is 4.28. The summed E-state index contributed by atoms with van der Waals surface area (Å²) in [6.45, 7) is 3.80. The highest BCUT2D eigenvalue weighted by molar-refractivity contribution is 5.82. The van der Waals surface area contributed by atoms with E-state index in [0.717, 1.165) is 25.3 Å². The lowest BCUT2D eigenvalue weighted by Gasteiger charge is -2.30. The number of nitrogens with zero attached hydrogens (tertiary/aromatic N) is 4. The van der Waals surface area contributed by atoms with E-state index in [9.17, 15) is 4.79 Å². The van der Waals surface area contributed by atoms with Gasteiger partial charge in [0.25, 0.3) is 5.95 Å². The predicted molar refractivity (Wildman–Crippen MR) is 94.8 cm³/mol. The molecule has 3 heterocycles. The number of carbonyl (C=O) groups excluding carboxylic acids is 1. The second-order valence-electron chi connectivity index (χ2n) is 5.88. The van der Waals surface area contributed by atoms with Crippen LogP contribution in [0.25, 0.3) is 5.65 Å². The third kappa shape index (κ3) is 3.00. The summed E-state index contributed by atoms with van der Waals surface area (Å²) in [5, 5.41) is 6.97. The molecule has 0 fully saturated rings. The molecule has 25 heavy (non-hydrogen) atoms. The number of hydrogen-bond donors (Lipinski definition) is 1. The Morgan fingerprint density at radius 3 is 2.88 bits per heavy atom. The molecule has 128 valence electrons. The summed E-state index contributed by atoms with van der Waals surface area (Å²) in [6, 6.07) is 14.3. The molecule has 0 spiro atoms. The van der Waals surface area contributed by atoms with Gasteiger partial charge in [0.1, 0.15) is 5.82 Å². The van der Waals surface area contributed by atoms with Crippen LogP contribution in [0.3, 0.4) is 0 Å². The van der Waals surface area contributed by atoms with Crippen molar-refractivity contribution in [1.82, 2.24) is 14.6 Å². The fourth-order valence-corrected chi connectivity index (χ4v) is 3.13. The molecule has 1 aromatic carbocycles. The quantitative estimate of drug-likeness (QED) is 0.796. The van der Waals surface area contributed by atoms with Gasteiger partial charge in [0.15, 0.2) is 5.65 Å². The first-order chi connectivity index (χ1) is 12.2. The predicted octanol–water partition coefficient (Wildman–Crippen LogP) is 2.86. The zero-order chi connectivity index (χ0) is 17.2. The van der Waals surface area contributed by atoms with Gasteiger partial charge in [0.05, 0.1) is 6.61 Å². The Morgan fingerprint density at radius 2 is 2.04 bits per heavy atom. The van der Waals surface area contributed by atoms with Crippen LogP contribution in [0.15, 0.2) is 42.5 Å². The number of amides is 1. The Labute approximate surface area is 145 Å². The van der Waals surface area contributed by atoms with Gasteiger partial charge in [-0.3, -0.25) is 5.32 Å². The summed E-state index contributed by atoms with van der Waals surface area (Å²) >= 11 is 0. The number of ether oxygens (including phenoxy) is 1. The van der Waals surface area contributed by atoms with Crippen molar-refractivity contribution in [2.45, 2.75) is 19.9 Å². The largest absolute Gasteiger partial charge is 0.450 e. The van der Waals surface area contributed by atoms with Gasteiger partial charge < -0.3 is 9.64 Å². The zero-order valence-electron chi connectivity index (χ0n) is 14.0. The lowest BCUT2D eigenvalue weighted by atomic mass is 10.00. The van der Waals surface area contributed by atoms with Crippen molar-refractivity contribution in [3.63, 3.8) is 0 Å². The molecule has 0 radical (unpaired) electrons. The summed E-state index contributed by atoms with van der Waals surface area (Å²) in [5.41, 5.74) is 3.41. The second-order valence-corrected chi connectivity index (χ2v) is 5.88. The smallest absolute Gasteiger partial charge is 0.414 e. The molecule has 0 bridgehead atoms. The molecular weight excluding hydrogens is 318 g/mol. The van der Waals surface area contributed by atoms with E-state index in [2.05, 4.69) is 44.6 Å². The number of aromatic nitrogens is 3. The maximum Gasteiger partial charge on any atom is 0.414 e. The molecule has 0 unspecified atom stereocenters. The van der Waals surface area contributed by atoms with Crippen molar-refractivity contribution in [2.24, 2.45) is 0 Å². The molecule has 3 aromatic rings. The van der Waals surface area contributed by atoms with Gasteiger partial charge in [0, 0.05) is 13.1 Å². The summed E-state index contributed by atoms with van der Waals surface area (Å²) in [7, 11) is 0. The van der Waals surface area contributed by atoms with Gasteiger partial charge in [0.2, 0.25) is 0 Å². The first-order valence-corrected chi connectivity index (χ1v) is 8.36. The number of fused-ring (bicyclic) bond motifs is 2. The van der Waals surface area contributed by atoms with Gasteiger partial charge in [-0.15, -0.1) is 5.10 Å². The first kappa shape index (κ1) is 15.4.